The number of aromatic nitrogens is 3. The van der Waals surface area contributed by atoms with Crippen molar-refractivity contribution in [1.82, 2.24) is 19.4 Å². The van der Waals surface area contributed by atoms with Crippen LogP contribution < -0.4 is 0 Å². The van der Waals surface area contributed by atoms with Gasteiger partial charge in [0.2, 0.25) is 0 Å². The van der Waals surface area contributed by atoms with E-state index in [-0.39, 0.29) is 0 Å². The largest absolute Gasteiger partial charge is 0.385 e. The second kappa shape index (κ2) is 7.41. The zero-order chi connectivity index (χ0) is 16.2. The Labute approximate surface area is 138 Å². The minimum atomic E-state index is 0.503. The Hall–Kier alpha value is -1.46. The molecule has 0 bridgehead atoms. The summed E-state index contributed by atoms with van der Waals surface area (Å²) in [6.45, 7) is 8.57. The highest BCUT2D eigenvalue weighted by Crippen LogP contribution is 2.29. The van der Waals surface area contributed by atoms with E-state index in [1.165, 1.54) is 25.2 Å². The molecule has 2 aromatic rings. The van der Waals surface area contributed by atoms with Gasteiger partial charge in [-0.25, -0.2) is 9.97 Å². The quantitative estimate of drug-likeness (QED) is 0.768. The maximum Gasteiger partial charge on any atom is 0.159 e. The summed E-state index contributed by atoms with van der Waals surface area (Å²) in [6, 6.07) is 4.64. The normalized spacial score (nSPS) is 19.7. The van der Waals surface area contributed by atoms with Gasteiger partial charge in [0.1, 0.15) is 11.3 Å². The predicted octanol–water partition coefficient (Wildman–Crippen LogP) is 3.06. The molecule has 3 rings (SSSR count). The minimum absolute atomic E-state index is 0.503. The van der Waals surface area contributed by atoms with Crippen molar-refractivity contribution < 1.29 is 4.74 Å². The van der Waals surface area contributed by atoms with Crippen LogP contribution in [0.4, 0.5) is 0 Å². The Balaban J connectivity index is 1.90. The third kappa shape index (κ3) is 3.56. The van der Waals surface area contributed by atoms with Crippen molar-refractivity contribution in [2.45, 2.75) is 51.6 Å². The van der Waals surface area contributed by atoms with Crippen LogP contribution in [0.15, 0.2) is 18.3 Å². The van der Waals surface area contributed by atoms with Gasteiger partial charge in [0, 0.05) is 45.0 Å². The Bertz CT molecular complexity index is 637. The van der Waals surface area contributed by atoms with Crippen molar-refractivity contribution in [2.24, 2.45) is 0 Å². The molecule has 1 aliphatic heterocycles. The first-order valence-corrected chi connectivity index (χ1v) is 8.75. The third-order valence-corrected chi connectivity index (χ3v) is 4.81. The molecule has 0 N–H and O–H groups in total. The van der Waals surface area contributed by atoms with Crippen LogP contribution in [-0.2, 0) is 11.3 Å². The number of ether oxygens (including phenoxy) is 1. The molecule has 126 valence electrons. The summed E-state index contributed by atoms with van der Waals surface area (Å²) in [6.07, 6.45) is 5.32. The smallest absolute Gasteiger partial charge is 0.159 e. The molecule has 2 aromatic heterocycles. The highest BCUT2D eigenvalue weighted by molar-refractivity contribution is 5.71. The fraction of sp³-hybridized carbons (Fsp3) is 0.667. The van der Waals surface area contributed by atoms with Crippen molar-refractivity contribution in [3.8, 4) is 0 Å². The van der Waals surface area contributed by atoms with Gasteiger partial charge in [-0.05, 0) is 51.8 Å². The van der Waals surface area contributed by atoms with Gasteiger partial charge in [0.05, 0.1) is 0 Å². The number of fused-ring (bicyclic) bond motifs is 1. The van der Waals surface area contributed by atoms with E-state index in [4.69, 9.17) is 9.72 Å². The lowest BCUT2D eigenvalue weighted by molar-refractivity contribution is 0.162. The first kappa shape index (κ1) is 16.4. The predicted molar refractivity (Wildman–Crippen MR) is 92.7 cm³/mol. The molecule has 1 aliphatic rings. The fourth-order valence-corrected chi connectivity index (χ4v) is 3.56. The Morgan fingerprint density at radius 3 is 3.04 bits per heavy atom. The van der Waals surface area contributed by atoms with Crippen LogP contribution in [0.1, 0.15) is 44.9 Å². The monoisotopic (exact) mass is 316 g/mol. The number of likely N-dealkylation sites (tertiary alicyclic amines) is 1. The minimum Gasteiger partial charge on any atom is -0.385 e. The van der Waals surface area contributed by atoms with Crippen molar-refractivity contribution in [3.63, 3.8) is 0 Å². The zero-order valence-corrected chi connectivity index (χ0v) is 14.5. The summed E-state index contributed by atoms with van der Waals surface area (Å²) in [5.74, 6) is 1.71. The second-order valence-electron chi connectivity index (χ2n) is 6.74. The molecule has 3 heterocycles. The van der Waals surface area contributed by atoms with E-state index in [9.17, 15) is 0 Å². The molecule has 1 fully saturated rings. The number of imidazole rings is 1. The maximum absolute atomic E-state index is 5.22. The van der Waals surface area contributed by atoms with Gasteiger partial charge in [0.25, 0.3) is 0 Å². The molecule has 5 nitrogen and oxygen atoms in total. The van der Waals surface area contributed by atoms with Gasteiger partial charge >= 0.3 is 0 Å². The molecule has 0 aromatic carbocycles. The van der Waals surface area contributed by atoms with Crippen LogP contribution >= 0.6 is 0 Å². The maximum atomic E-state index is 5.22. The summed E-state index contributed by atoms with van der Waals surface area (Å²) < 4.78 is 7.55. The molecule has 23 heavy (non-hydrogen) atoms. The number of hydrogen-bond donors (Lipinski definition) is 0. The van der Waals surface area contributed by atoms with E-state index >= 15 is 0 Å². The first-order chi connectivity index (χ1) is 11.2. The Kier molecular flexibility index (Phi) is 5.28. The summed E-state index contributed by atoms with van der Waals surface area (Å²) in [5, 5.41) is 0. The highest BCUT2D eigenvalue weighted by atomic mass is 16.5. The van der Waals surface area contributed by atoms with Gasteiger partial charge in [0.15, 0.2) is 5.65 Å². The lowest BCUT2D eigenvalue weighted by atomic mass is 9.96. The van der Waals surface area contributed by atoms with E-state index in [0.717, 1.165) is 37.3 Å². The summed E-state index contributed by atoms with van der Waals surface area (Å²) in [5.41, 5.74) is 2.03. The zero-order valence-electron chi connectivity index (χ0n) is 14.5. The molecule has 1 saturated heterocycles. The molecule has 0 amide bonds. The van der Waals surface area contributed by atoms with Crippen molar-refractivity contribution in [2.75, 3.05) is 26.8 Å². The summed E-state index contributed by atoms with van der Waals surface area (Å²) in [7, 11) is 1.76. The average molecular weight is 316 g/mol. The van der Waals surface area contributed by atoms with Crippen molar-refractivity contribution in [1.29, 1.82) is 0 Å². The van der Waals surface area contributed by atoms with Crippen LogP contribution in [0, 0.1) is 0 Å². The number of rotatable bonds is 6. The van der Waals surface area contributed by atoms with E-state index in [2.05, 4.69) is 34.4 Å². The number of piperidine rings is 1. The van der Waals surface area contributed by atoms with Crippen LogP contribution in [0.3, 0.4) is 0 Å². The Morgan fingerprint density at radius 1 is 1.39 bits per heavy atom. The molecular weight excluding hydrogens is 288 g/mol. The van der Waals surface area contributed by atoms with E-state index in [1.807, 2.05) is 12.3 Å². The highest BCUT2D eigenvalue weighted by Gasteiger charge is 2.27. The van der Waals surface area contributed by atoms with Gasteiger partial charge in [-0.15, -0.1) is 0 Å². The topological polar surface area (TPSA) is 43.2 Å². The van der Waals surface area contributed by atoms with Crippen molar-refractivity contribution >= 4 is 11.2 Å². The molecule has 1 unspecified atom stereocenters. The molecule has 0 spiro atoms. The van der Waals surface area contributed by atoms with Crippen LogP contribution in [0.5, 0.6) is 0 Å². The standard InChI is InChI=1S/C18H28N4O/c1-14(2)21-10-5-7-15(13-21)17-20-16-8-4-9-19-18(16)22(17)11-6-12-23-3/h4,8-9,14-15H,5-7,10-13H2,1-3H3. The van der Waals surface area contributed by atoms with Gasteiger partial charge in [-0.3, -0.25) is 0 Å². The van der Waals surface area contributed by atoms with Crippen LogP contribution in [-0.4, -0.2) is 52.3 Å². The van der Waals surface area contributed by atoms with E-state index in [0.29, 0.717) is 12.0 Å². The SMILES string of the molecule is COCCCn1c(C2CCCN(C(C)C)C2)nc2cccnc21. The van der Waals surface area contributed by atoms with Gasteiger partial charge in [-0.1, -0.05) is 0 Å². The number of nitrogens with zero attached hydrogens (tertiary/aromatic N) is 4. The first-order valence-electron chi connectivity index (χ1n) is 8.75. The van der Waals surface area contributed by atoms with Crippen LogP contribution in [0.25, 0.3) is 11.2 Å². The number of hydrogen-bond acceptors (Lipinski definition) is 4. The summed E-state index contributed by atoms with van der Waals surface area (Å²) >= 11 is 0. The molecular formula is C18H28N4O. The van der Waals surface area contributed by atoms with Crippen molar-refractivity contribution in [3.05, 3.63) is 24.2 Å². The number of methoxy groups -OCH3 is 1. The molecule has 1 atom stereocenters. The van der Waals surface area contributed by atoms with Gasteiger partial charge in [-0.2, -0.15) is 0 Å². The van der Waals surface area contributed by atoms with E-state index in [1.54, 1.807) is 7.11 Å². The molecule has 0 saturated carbocycles. The molecule has 0 aliphatic carbocycles. The number of pyridine rings is 1. The molecule has 0 radical (unpaired) electrons. The van der Waals surface area contributed by atoms with E-state index < -0.39 is 0 Å². The van der Waals surface area contributed by atoms with Crippen LogP contribution in [0.2, 0.25) is 0 Å². The molecule has 5 heteroatoms. The average Bonchev–Trinajstić information content (AvgIpc) is 2.94. The fourth-order valence-electron chi connectivity index (χ4n) is 3.56. The summed E-state index contributed by atoms with van der Waals surface area (Å²) in [4.78, 5) is 12.1. The van der Waals surface area contributed by atoms with Gasteiger partial charge < -0.3 is 14.2 Å². The number of aryl methyl sites for hydroxylation is 1. The lowest BCUT2D eigenvalue weighted by Crippen LogP contribution is -2.39. The Morgan fingerprint density at radius 2 is 2.26 bits per heavy atom. The second-order valence-corrected chi connectivity index (χ2v) is 6.74. The third-order valence-electron chi connectivity index (χ3n) is 4.81. The lowest BCUT2D eigenvalue weighted by Gasteiger charge is -2.35.